The molecule has 0 saturated heterocycles. The Morgan fingerprint density at radius 2 is 1.81 bits per heavy atom. The van der Waals surface area contributed by atoms with E-state index in [-0.39, 0.29) is 17.5 Å². The summed E-state index contributed by atoms with van der Waals surface area (Å²) in [6.07, 6.45) is 1.58. The molecular weight excluding hydrogens is 266 g/mol. The topological polar surface area (TPSA) is 63.9 Å². The van der Waals surface area contributed by atoms with Crippen molar-refractivity contribution < 1.29 is 15.3 Å². The number of hydrogen-bond donors (Lipinski definition) is 3. The number of rotatable bonds is 0. The van der Waals surface area contributed by atoms with Gasteiger partial charge in [0, 0.05) is 23.7 Å². The summed E-state index contributed by atoms with van der Waals surface area (Å²) in [5.74, 6) is 0.167. The molecule has 4 rings (SSSR count). The molecule has 4 heteroatoms. The van der Waals surface area contributed by atoms with Crippen LogP contribution in [0.15, 0.2) is 24.3 Å². The van der Waals surface area contributed by atoms with Gasteiger partial charge in [0.2, 0.25) is 0 Å². The molecule has 1 atom stereocenters. The molecular formula is C17H17NO3. The molecule has 0 radical (unpaired) electrons. The Bertz CT molecular complexity index is 754. The first-order valence-corrected chi connectivity index (χ1v) is 7.17. The summed E-state index contributed by atoms with van der Waals surface area (Å²) in [5.41, 5.74) is 4.74. The van der Waals surface area contributed by atoms with Gasteiger partial charge in [0.25, 0.3) is 0 Å². The maximum Gasteiger partial charge on any atom is 0.165 e. The summed E-state index contributed by atoms with van der Waals surface area (Å²) in [5, 5.41) is 30.2. The monoisotopic (exact) mass is 283 g/mol. The molecule has 2 aliphatic rings. The first kappa shape index (κ1) is 12.5. The highest BCUT2D eigenvalue weighted by molar-refractivity contribution is 5.83. The van der Waals surface area contributed by atoms with E-state index in [9.17, 15) is 15.3 Å². The molecule has 21 heavy (non-hydrogen) atoms. The highest BCUT2D eigenvalue weighted by atomic mass is 16.3. The van der Waals surface area contributed by atoms with Crippen LogP contribution in [-0.2, 0) is 12.8 Å². The third-order valence-corrected chi connectivity index (χ3v) is 4.84. The predicted octanol–water partition coefficient (Wildman–Crippen LogP) is 2.56. The minimum absolute atomic E-state index is 0.0629. The Morgan fingerprint density at radius 1 is 1.05 bits per heavy atom. The van der Waals surface area contributed by atoms with Crippen LogP contribution in [-0.4, -0.2) is 33.8 Å². The number of fused-ring (bicyclic) bond motifs is 2. The SMILES string of the molecule is CN1CCc2c(O)ccc3c2C1Cc1ccc(O)c(O)c1-3. The van der Waals surface area contributed by atoms with Crippen LogP contribution in [0.2, 0.25) is 0 Å². The standard InChI is InChI=1S/C17H17NO3/c1-18-7-6-10-13(19)5-3-11-15-9(8-12(18)16(10)11)2-4-14(20)17(15)21/h2-5,12,19-21H,6-8H2,1H3. The van der Waals surface area contributed by atoms with Gasteiger partial charge in [-0.3, -0.25) is 4.90 Å². The van der Waals surface area contributed by atoms with Crippen molar-refractivity contribution in [2.75, 3.05) is 13.6 Å². The van der Waals surface area contributed by atoms with Crippen LogP contribution in [0.1, 0.15) is 22.7 Å². The maximum absolute atomic E-state index is 10.3. The van der Waals surface area contributed by atoms with Crippen molar-refractivity contribution in [1.29, 1.82) is 0 Å². The van der Waals surface area contributed by atoms with Crippen molar-refractivity contribution in [3.05, 3.63) is 41.0 Å². The molecule has 2 aromatic carbocycles. The fourth-order valence-corrected chi connectivity index (χ4v) is 3.74. The smallest absolute Gasteiger partial charge is 0.165 e. The van der Waals surface area contributed by atoms with Gasteiger partial charge in [-0.15, -0.1) is 0 Å². The second kappa shape index (κ2) is 4.15. The molecule has 0 fully saturated rings. The van der Waals surface area contributed by atoms with Crippen LogP contribution in [0.25, 0.3) is 11.1 Å². The van der Waals surface area contributed by atoms with Gasteiger partial charge in [-0.1, -0.05) is 12.1 Å². The van der Waals surface area contributed by atoms with Gasteiger partial charge in [-0.25, -0.2) is 0 Å². The Labute approximate surface area is 122 Å². The molecule has 0 spiro atoms. The highest BCUT2D eigenvalue weighted by Crippen LogP contribution is 2.51. The summed E-state index contributed by atoms with van der Waals surface area (Å²) in [6.45, 7) is 0.911. The number of likely N-dealkylation sites (N-methyl/N-ethyl adjacent to an activating group) is 1. The number of aromatic hydroxyl groups is 3. The van der Waals surface area contributed by atoms with E-state index in [4.69, 9.17) is 0 Å². The zero-order chi connectivity index (χ0) is 14.7. The van der Waals surface area contributed by atoms with Gasteiger partial charge in [0.15, 0.2) is 11.5 Å². The van der Waals surface area contributed by atoms with Crippen molar-refractivity contribution >= 4 is 0 Å². The molecule has 0 bridgehead atoms. The largest absolute Gasteiger partial charge is 0.508 e. The van der Waals surface area contributed by atoms with Gasteiger partial charge >= 0.3 is 0 Å². The fraction of sp³-hybridized carbons (Fsp3) is 0.294. The molecule has 1 unspecified atom stereocenters. The lowest BCUT2D eigenvalue weighted by molar-refractivity contribution is 0.225. The van der Waals surface area contributed by atoms with Crippen LogP contribution in [0, 0.1) is 0 Å². The summed E-state index contributed by atoms with van der Waals surface area (Å²) in [6, 6.07) is 7.17. The van der Waals surface area contributed by atoms with E-state index in [0.29, 0.717) is 11.3 Å². The summed E-state index contributed by atoms with van der Waals surface area (Å²) < 4.78 is 0. The van der Waals surface area contributed by atoms with Crippen molar-refractivity contribution in [3.63, 3.8) is 0 Å². The van der Waals surface area contributed by atoms with Gasteiger partial charge < -0.3 is 15.3 Å². The molecule has 1 aliphatic heterocycles. The second-order valence-corrected chi connectivity index (χ2v) is 5.94. The molecule has 0 aromatic heterocycles. The van der Waals surface area contributed by atoms with Crippen LogP contribution < -0.4 is 0 Å². The van der Waals surface area contributed by atoms with Crippen molar-refractivity contribution in [2.45, 2.75) is 18.9 Å². The zero-order valence-electron chi connectivity index (χ0n) is 11.8. The molecule has 1 aliphatic carbocycles. The molecule has 4 nitrogen and oxygen atoms in total. The Morgan fingerprint density at radius 3 is 2.62 bits per heavy atom. The van der Waals surface area contributed by atoms with E-state index in [1.165, 1.54) is 0 Å². The quantitative estimate of drug-likeness (QED) is 0.650. The van der Waals surface area contributed by atoms with Crippen molar-refractivity contribution in [1.82, 2.24) is 4.90 Å². The zero-order valence-corrected chi connectivity index (χ0v) is 11.8. The number of nitrogens with zero attached hydrogens (tertiary/aromatic N) is 1. The first-order chi connectivity index (χ1) is 10.1. The van der Waals surface area contributed by atoms with Crippen molar-refractivity contribution in [3.8, 4) is 28.4 Å². The number of phenols is 3. The van der Waals surface area contributed by atoms with Crippen LogP contribution in [0.4, 0.5) is 0 Å². The van der Waals surface area contributed by atoms with E-state index in [0.717, 1.165) is 41.6 Å². The van der Waals surface area contributed by atoms with Crippen LogP contribution in [0.5, 0.6) is 17.2 Å². The average Bonchev–Trinajstić information content (AvgIpc) is 2.48. The molecule has 0 amide bonds. The minimum atomic E-state index is -0.0989. The molecule has 0 saturated carbocycles. The maximum atomic E-state index is 10.3. The number of hydrogen-bond acceptors (Lipinski definition) is 4. The summed E-state index contributed by atoms with van der Waals surface area (Å²) >= 11 is 0. The normalized spacial score (nSPS) is 20.0. The molecule has 3 N–H and O–H groups in total. The highest BCUT2D eigenvalue weighted by Gasteiger charge is 2.35. The lowest BCUT2D eigenvalue weighted by atomic mass is 9.76. The lowest BCUT2D eigenvalue weighted by Crippen LogP contribution is -2.35. The van der Waals surface area contributed by atoms with E-state index < -0.39 is 0 Å². The Kier molecular flexibility index (Phi) is 2.48. The van der Waals surface area contributed by atoms with Gasteiger partial charge in [0.1, 0.15) is 5.75 Å². The second-order valence-electron chi connectivity index (χ2n) is 5.94. The molecule has 1 heterocycles. The Hall–Kier alpha value is -2.20. The number of phenolic OH excluding ortho intramolecular Hbond substituents is 3. The van der Waals surface area contributed by atoms with Gasteiger partial charge in [-0.2, -0.15) is 0 Å². The average molecular weight is 283 g/mol. The molecule has 108 valence electrons. The third-order valence-electron chi connectivity index (χ3n) is 4.84. The predicted molar refractivity (Wildman–Crippen MR) is 79.7 cm³/mol. The summed E-state index contributed by atoms with van der Waals surface area (Å²) in [4.78, 5) is 2.29. The lowest BCUT2D eigenvalue weighted by Gasteiger charge is -2.40. The summed E-state index contributed by atoms with van der Waals surface area (Å²) in [7, 11) is 2.09. The first-order valence-electron chi connectivity index (χ1n) is 7.17. The van der Waals surface area contributed by atoms with Crippen LogP contribution >= 0.6 is 0 Å². The third kappa shape index (κ3) is 1.59. The molecule has 2 aromatic rings. The van der Waals surface area contributed by atoms with E-state index >= 15 is 0 Å². The van der Waals surface area contributed by atoms with E-state index in [1.54, 1.807) is 12.1 Å². The number of benzene rings is 2. The van der Waals surface area contributed by atoms with E-state index in [2.05, 4.69) is 11.9 Å². The van der Waals surface area contributed by atoms with Gasteiger partial charge in [0.05, 0.1) is 0 Å². The van der Waals surface area contributed by atoms with Crippen LogP contribution in [0.3, 0.4) is 0 Å². The minimum Gasteiger partial charge on any atom is -0.508 e. The van der Waals surface area contributed by atoms with Gasteiger partial charge in [-0.05, 0) is 48.7 Å². The Balaban J connectivity index is 2.07. The van der Waals surface area contributed by atoms with E-state index in [1.807, 2.05) is 12.1 Å². The fourth-order valence-electron chi connectivity index (χ4n) is 3.74. The van der Waals surface area contributed by atoms with Crippen molar-refractivity contribution in [2.24, 2.45) is 0 Å².